The fourth-order valence-electron chi connectivity index (χ4n) is 1.10. The summed E-state index contributed by atoms with van der Waals surface area (Å²) in [4.78, 5) is 14.2. The highest BCUT2D eigenvalue weighted by Crippen LogP contribution is 2.30. The minimum atomic E-state index is -2.84. The van der Waals surface area contributed by atoms with E-state index in [-0.39, 0.29) is 11.0 Å². The lowest BCUT2D eigenvalue weighted by molar-refractivity contribution is 0.0697. The molecule has 4 nitrogen and oxygen atoms in total. The van der Waals surface area contributed by atoms with Crippen molar-refractivity contribution in [1.29, 1.82) is 0 Å². The summed E-state index contributed by atoms with van der Waals surface area (Å²) in [6.45, 7) is 0. The van der Waals surface area contributed by atoms with Gasteiger partial charge in [-0.1, -0.05) is 15.9 Å². The fourth-order valence-corrected chi connectivity index (χ4v) is 1.55. The zero-order valence-corrected chi connectivity index (χ0v) is 8.96. The molecule has 1 aromatic heterocycles. The number of hydrogen-bond acceptors (Lipinski definition) is 3. The standard InChI is InChI=1S/C8H7BrF2N2O2/c9-1-4-5(7(10)11)6(12)3(2-13-4)8(14)15/h2,7H,1H2,(H2,12,13)(H,14,15). The number of alkyl halides is 3. The van der Waals surface area contributed by atoms with Crippen molar-refractivity contribution >= 4 is 27.6 Å². The van der Waals surface area contributed by atoms with Crippen molar-refractivity contribution in [2.45, 2.75) is 11.8 Å². The molecule has 15 heavy (non-hydrogen) atoms. The highest BCUT2D eigenvalue weighted by molar-refractivity contribution is 9.08. The van der Waals surface area contributed by atoms with Crippen LogP contribution in [0.1, 0.15) is 28.0 Å². The average Bonchev–Trinajstić information content (AvgIpc) is 2.15. The number of nitrogens with zero attached hydrogens (tertiary/aromatic N) is 1. The molecule has 0 spiro atoms. The zero-order valence-electron chi connectivity index (χ0n) is 7.38. The molecule has 0 unspecified atom stereocenters. The van der Waals surface area contributed by atoms with Crippen molar-refractivity contribution in [2.75, 3.05) is 5.73 Å². The predicted molar refractivity (Wildman–Crippen MR) is 53.2 cm³/mol. The first-order valence-corrected chi connectivity index (χ1v) is 4.95. The first-order chi connectivity index (χ1) is 6.99. The van der Waals surface area contributed by atoms with Crippen molar-refractivity contribution in [3.05, 3.63) is 23.0 Å². The summed E-state index contributed by atoms with van der Waals surface area (Å²) < 4.78 is 25.2. The van der Waals surface area contributed by atoms with Gasteiger partial charge in [-0.25, -0.2) is 13.6 Å². The predicted octanol–water partition coefficient (Wildman–Crippen LogP) is 2.19. The smallest absolute Gasteiger partial charge is 0.339 e. The average molecular weight is 281 g/mol. The molecule has 1 rings (SSSR count). The third kappa shape index (κ3) is 2.23. The minimum absolute atomic E-state index is 0.0486. The monoisotopic (exact) mass is 280 g/mol. The molecule has 0 fully saturated rings. The van der Waals surface area contributed by atoms with Crippen LogP contribution in [0.5, 0.6) is 0 Å². The Hall–Kier alpha value is -1.24. The second-order valence-electron chi connectivity index (χ2n) is 2.69. The van der Waals surface area contributed by atoms with Crippen molar-refractivity contribution in [1.82, 2.24) is 4.98 Å². The zero-order chi connectivity index (χ0) is 11.6. The molecule has 1 aromatic rings. The number of aromatic carboxylic acids is 1. The van der Waals surface area contributed by atoms with E-state index in [4.69, 9.17) is 10.8 Å². The number of rotatable bonds is 3. The van der Waals surface area contributed by atoms with Gasteiger partial charge in [0, 0.05) is 11.5 Å². The second-order valence-corrected chi connectivity index (χ2v) is 3.25. The van der Waals surface area contributed by atoms with Crippen molar-refractivity contribution in [2.24, 2.45) is 0 Å². The number of pyridine rings is 1. The Bertz CT molecular complexity index is 398. The lowest BCUT2D eigenvalue weighted by Crippen LogP contribution is -2.10. The van der Waals surface area contributed by atoms with Crippen molar-refractivity contribution in [3.63, 3.8) is 0 Å². The summed E-state index contributed by atoms with van der Waals surface area (Å²) >= 11 is 2.97. The molecule has 0 saturated carbocycles. The SMILES string of the molecule is Nc1c(C(=O)O)cnc(CBr)c1C(F)F. The number of nitrogens with two attached hydrogens (primary N) is 1. The van der Waals surface area contributed by atoms with Crippen LogP contribution in [-0.2, 0) is 5.33 Å². The van der Waals surface area contributed by atoms with Crippen LogP contribution in [0.15, 0.2) is 6.20 Å². The Labute approximate surface area is 92.2 Å². The Morgan fingerprint density at radius 2 is 2.27 bits per heavy atom. The Kier molecular flexibility index (Phi) is 3.57. The minimum Gasteiger partial charge on any atom is -0.478 e. The molecular formula is C8H7BrF2N2O2. The topological polar surface area (TPSA) is 76.2 Å². The van der Waals surface area contributed by atoms with Gasteiger partial charge in [0.1, 0.15) is 5.56 Å². The van der Waals surface area contributed by atoms with Gasteiger partial charge in [0.15, 0.2) is 0 Å². The van der Waals surface area contributed by atoms with Crippen LogP contribution in [0.3, 0.4) is 0 Å². The number of carboxylic acids is 1. The summed E-state index contributed by atoms with van der Waals surface area (Å²) in [5, 5.41) is 8.75. The van der Waals surface area contributed by atoms with Gasteiger partial charge in [-0.15, -0.1) is 0 Å². The van der Waals surface area contributed by atoms with Crippen molar-refractivity contribution < 1.29 is 18.7 Å². The number of halogens is 3. The maximum absolute atomic E-state index is 12.6. The fraction of sp³-hybridized carbons (Fsp3) is 0.250. The van der Waals surface area contributed by atoms with Crippen LogP contribution in [0.4, 0.5) is 14.5 Å². The Balaban J connectivity index is 3.42. The van der Waals surface area contributed by atoms with E-state index in [0.717, 1.165) is 6.20 Å². The summed E-state index contributed by atoms with van der Waals surface area (Å²) in [7, 11) is 0. The van der Waals surface area contributed by atoms with E-state index < -0.39 is 29.2 Å². The maximum Gasteiger partial charge on any atom is 0.339 e. The number of anilines is 1. The molecule has 0 radical (unpaired) electrons. The molecular weight excluding hydrogens is 274 g/mol. The highest BCUT2D eigenvalue weighted by Gasteiger charge is 2.22. The Morgan fingerprint density at radius 3 is 2.67 bits per heavy atom. The van der Waals surface area contributed by atoms with E-state index in [1.165, 1.54) is 0 Å². The van der Waals surface area contributed by atoms with Crippen molar-refractivity contribution in [3.8, 4) is 0 Å². The van der Waals surface area contributed by atoms with E-state index in [1.54, 1.807) is 0 Å². The molecule has 0 atom stereocenters. The van der Waals surface area contributed by atoms with Crippen LogP contribution in [0, 0.1) is 0 Å². The maximum atomic E-state index is 12.6. The largest absolute Gasteiger partial charge is 0.478 e. The van der Waals surface area contributed by atoms with Crippen LogP contribution < -0.4 is 5.73 Å². The molecule has 3 N–H and O–H groups in total. The van der Waals surface area contributed by atoms with E-state index >= 15 is 0 Å². The lowest BCUT2D eigenvalue weighted by atomic mass is 10.1. The number of nitrogen functional groups attached to an aromatic ring is 1. The van der Waals surface area contributed by atoms with Gasteiger partial charge >= 0.3 is 5.97 Å². The first kappa shape index (κ1) is 11.8. The summed E-state index contributed by atoms with van der Waals surface area (Å²) in [6, 6.07) is 0. The molecule has 0 saturated heterocycles. The Morgan fingerprint density at radius 1 is 1.67 bits per heavy atom. The van der Waals surface area contributed by atoms with Crippen LogP contribution in [0.25, 0.3) is 0 Å². The van der Waals surface area contributed by atoms with E-state index in [2.05, 4.69) is 20.9 Å². The second kappa shape index (κ2) is 4.52. The quantitative estimate of drug-likeness (QED) is 0.833. The first-order valence-electron chi connectivity index (χ1n) is 3.83. The normalized spacial score (nSPS) is 10.7. The van der Waals surface area contributed by atoms with Gasteiger partial charge in [-0.05, 0) is 0 Å². The molecule has 0 aromatic carbocycles. The van der Waals surface area contributed by atoms with Gasteiger partial charge in [0.25, 0.3) is 6.43 Å². The van der Waals surface area contributed by atoms with Crippen LogP contribution >= 0.6 is 15.9 Å². The van der Waals surface area contributed by atoms with E-state index in [9.17, 15) is 13.6 Å². The number of carboxylic acid groups (broad SMARTS) is 1. The van der Waals surface area contributed by atoms with E-state index in [1.807, 2.05) is 0 Å². The summed E-state index contributed by atoms with van der Waals surface area (Å²) in [5.74, 6) is -1.37. The summed E-state index contributed by atoms with van der Waals surface area (Å²) in [5.41, 5.74) is 4.03. The third-order valence-corrected chi connectivity index (χ3v) is 2.35. The molecule has 0 amide bonds. The molecule has 7 heteroatoms. The molecule has 0 aliphatic rings. The molecule has 1 heterocycles. The molecule has 0 aliphatic carbocycles. The number of aromatic nitrogens is 1. The van der Waals surface area contributed by atoms with Gasteiger partial charge in [-0.3, -0.25) is 4.98 Å². The van der Waals surface area contributed by atoms with Gasteiger partial charge in [0.2, 0.25) is 0 Å². The van der Waals surface area contributed by atoms with Gasteiger partial charge < -0.3 is 10.8 Å². The van der Waals surface area contributed by atoms with Crippen LogP contribution in [0.2, 0.25) is 0 Å². The third-order valence-electron chi connectivity index (χ3n) is 1.82. The summed E-state index contributed by atoms with van der Waals surface area (Å²) in [6.07, 6.45) is -1.87. The number of hydrogen-bond donors (Lipinski definition) is 2. The molecule has 0 bridgehead atoms. The van der Waals surface area contributed by atoms with E-state index in [0.29, 0.717) is 0 Å². The number of carbonyl (C=O) groups is 1. The van der Waals surface area contributed by atoms with Gasteiger partial charge in [-0.2, -0.15) is 0 Å². The molecule has 82 valence electrons. The lowest BCUT2D eigenvalue weighted by Gasteiger charge is -2.10. The molecule has 0 aliphatic heterocycles. The van der Waals surface area contributed by atoms with Crippen LogP contribution in [-0.4, -0.2) is 16.1 Å². The van der Waals surface area contributed by atoms with Gasteiger partial charge in [0.05, 0.1) is 16.9 Å². The highest BCUT2D eigenvalue weighted by atomic mass is 79.9.